The van der Waals surface area contributed by atoms with Crippen LogP contribution in [0.2, 0.25) is 0 Å². The Morgan fingerprint density at radius 1 is 1.31 bits per heavy atom. The fraction of sp³-hybridized carbons (Fsp3) is 0.316. The standard InChI is InChI=1S/C19H18F2N4O4/c1-24-17-12(5-9-4-10(20)6-13(21)15(9)23-17)16(27)14(19(28)29)18(24)25-7-11(8-25)22-2-3-26/h4-6,11,22,26H,2-3,7-8H2,1H3,(H,28,29). The SMILES string of the molecule is Cn1c(N2CC(NCCO)C2)c(C(=O)O)c(=O)c2cc3cc(F)cc(F)c3nc21. The van der Waals surface area contributed by atoms with Crippen molar-refractivity contribution < 1.29 is 23.8 Å². The molecule has 3 aromatic rings. The molecule has 0 aliphatic carbocycles. The molecule has 1 aliphatic rings. The molecule has 0 saturated carbocycles. The number of carboxylic acids is 1. The lowest BCUT2D eigenvalue weighted by atomic mass is 10.0. The van der Waals surface area contributed by atoms with E-state index in [9.17, 15) is 23.5 Å². The summed E-state index contributed by atoms with van der Waals surface area (Å²) < 4.78 is 29.2. The summed E-state index contributed by atoms with van der Waals surface area (Å²) in [6.45, 7) is 1.26. The third kappa shape index (κ3) is 3.10. The zero-order valence-electron chi connectivity index (χ0n) is 15.4. The Balaban J connectivity index is 1.93. The average Bonchev–Trinajstić information content (AvgIpc) is 2.62. The van der Waals surface area contributed by atoms with Gasteiger partial charge < -0.3 is 25.0 Å². The van der Waals surface area contributed by atoms with E-state index in [0.29, 0.717) is 25.7 Å². The zero-order valence-corrected chi connectivity index (χ0v) is 15.4. The maximum atomic E-state index is 14.2. The number of benzene rings is 1. The van der Waals surface area contributed by atoms with Crippen LogP contribution in [0.15, 0.2) is 23.0 Å². The van der Waals surface area contributed by atoms with E-state index in [0.717, 1.165) is 6.07 Å². The molecule has 3 heterocycles. The van der Waals surface area contributed by atoms with Crippen molar-refractivity contribution in [3.05, 3.63) is 45.6 Å². The number of hydrogen-bond donors (Lipinski definition) is 3. The topological polar surface area (TPSA) is 108 Å². The largest absolute Gasteiger partial charge is 0.477 e. The van der Waals surface area contributed by atoms with Gasteiger partial charge in [0.15, 0.2) is 5.82 Å². The highest BCUT2D eigenvalue weighted by Crippen LogP contribution is 2.28. The number of halogens is 2. The first kappa shape index (κ1) is 19.2. The van der Waals surface area contributed by atoms with E-state index in [-0.39, 0.29) is 40.4 Å². The monoisotopic (exact) mass is 404 g/mol. The third-order valence-corrected chi connectivity index (χ3v) is 5.09. The summed E-state index contributed by atoms with van der Waals surface area (Å²) in [5.74, 6) is -2.90. The number of carboxylic acid groups (broad SMARTS) is 1. The van der Waals surface area contributed by atoms with Gasteiger partial charge in [-0.1, -0.05) is 0 Å². The maximum absolute atomic E-state index is 14.2. The lowest BCUT2D eigenvalue weighted by molar-refractivity contribution is 0.0695. The van der Waals surface area contributed by atoms with E-state index in [4.69, 9.17) is 5.11 Å². The van der Waals surface area contributed by atoms with E-state index in [1.165, 1.54) is 10.6 Å². The fourth-order valence-corrected chi connectivity index (χ4v) is 3.74. The molecule has 0 atom stereocenters. The minimum absolute atomic E-state index is 0.0194. The number of aromatic nitrogens is 2. The summed E-state index contributed by atoms with van der Waals surface area (Å²) in [5, 5.41) is 21.7. The molecule has 8 nitrogen and oxygen atoms in total. The van der Waals surface area contributed by atoms with Crippen molar-refractivity contribution in [2.24, 2.45) is 7.05 Å². The van der Waals surface area contributed by atoms with Gasteiger partial charge in [-0.2, -0.15) is 0 Å². The van der Waals surface area contributed by atoms with Crippen LogP contribution in [0.3, 0.4) is 0 Å². The molecule has 1 aliphatic heterocycles. The number of aliphatic hydroxyl groups excluding tert-OH is 1. The Morgan fingerprint density at radius 2 is 2.03 bits per heavy atom. The van der Waals surface area contributed by atoms with Gasteiger partial charge >= 0.3 is 5.97 Å². The van der Waals surface area contributed by atoms with Crippen LogP contribution < -0.4 is 15.6 Å². The highest BCUT2D eigenvalue weighted by Gasteiger charge is 2.33. The van der Waals surface area contributed by atoms with Gasteiger partial charge in [-0.15, -0.1) is 0 Å². The van der Waals surface area contributed by atoms with Crippen LogP contribution in [-0.2, 0) is 7.05 Å². The first-order valence-corrected chi connectivity index (χ1v) is 8.96. The van der Waals surface area contributed by atoms with Crippen LogP contribution in [0, 0.1) is 11.6 Å². The van der Waals surface area contributed by atoms with Crippen molar-refractivity contribution in [1.29, 1.82) is 0 Å². The smallest absolute Gasteiger partial charge is 0.343 e. The maximum Gasteiger partial charge on any atom is 0.343 e. The third-order valence-electron chi connectivity index (χ3n) is 5.09. The number of nitrogens with one attached hydrogen (secondary N) is 1. The highest BCUT2D eigenvalue weighted by atomic mass is 19.1. The summed E-state index contributed by atoms with van der Waals surface area (Å²) in [6, 6.07) is 3.06. The Bertz CT molecular complexity index is 1200. The van der Waals surface area contributed by atoms with Crippen LogP contribution in [0.25, 0.3) is 21.9 Å². The Kier molecular flexibility index (Phi) is 4.67. The highest BCUT2D eigenvalue weighted by molar-refractivity contribution is 6.00. The molecule has 152 valence electrons. The van der Waals surface area contributed by atoms with Gasteiger partial charge in [-0.3, -0.25) is 4.79 Å². The number of carbonyl (C=O) groups is 1. The van der Waals surface area contributed by atoms with E-state index in [2.05, 4.69) is 10.3 Å². The zero-order chi connectivity index (χ0) is 20.9. The predicted octanol–water partition coefficient (Wildman–Crippen LogP) is 0.834. The lowest BCUT2D eigenvalue weighted by Crippen LogP contribution is -2.59. The summed E-state index contributed by atoms with van der Waals surface area (Å²) >= 11 is 0. The van der Waals surface area contributed by atoms with Crippen molar-refractivity contribution >= 4 is 33.7 Å². The van der Waals surface area contributed by atoms with Gasteiger partial charge in [0.1, 0.15) is 28.4 Å². The Hall–Kier alpha value is -3.11. The second-order valence-corrected chi connectivity index (χ2v) is 6.99. The number of aromatic carboxylic acids is 1. The van der Waals surface area contributed by atoms with Gasteiger partial charge in [0, 0.05) is 44.2 Å². The predicted molar refractivity (Wildman–Crippen MR) is 102 cm³/mol. The molecule has 0 bridgehead atoms. The van der Waals surface area contributed by atoms with E-state index in [1.807, 2.05) is 0 Å². The number of hydrogen-bond acceptors (Lipinski definition) is 6. The average molecular weight is 404 g/mol. The first-order valence-electron chi connectivity index (χ1n) is 8.96. The van der Waals surface area contributed by atoms with Crippen LogP contribution in [0.5, 0.6) is 0 Å². The van der Waals surface area contributed by atoms with Crippen LogP contribution in [0.4, 0.5) is 14.6 Å². The summed E-state index contributed by atoms with van der Waals surface area (Å²) in [7, 11) is 1.55. The van der Waals surface area contributed by atoms with Crippen LogP contribution in [0.1, 0.15) is 10.4 Å². The molecule has 4 rings (SSSR count). The van der Waals surface area contributed by atoms with Gasteiger partial charge in [-0.25, -0.2) is 18.6 Å². The lowest BCUT2D eigenvalue weighted by Gasteiger charge is -2.42. The molecule has 0 unspecified atom stereocenters. The minimum atomic E-state index is -1.39. The van der Waals surface area contributed by atoms with Crippen molar-refractivity contribution in [3.8, 4) is 0 Å². The molecule has 1 saturated heterocycles. The number of fused-ring (bicyclic) bond motifs is 2. The Labute approximate surface area is 163 Å². The van der Waals surface area contributed by atoms with Gasteiger partial charge in [0.05, 0.1) is 12.0 Å². The number of aryl methyl sites for hydroxylation is 1. The quantitative estimate of drug-likeness (QED) is 0.541. The molecule has 1 fully saturated rings. The van der Waals surface area contributed by atoms with Crippen LogP contribution >= 0.6 is 0 Å². The molecule has 3 N–H and O–H groups in total. The molecule has 2 aromatic heterocycles. The summed E-state index contributed by atoms with van der Waals surface area (Å²) in [5.41, 5.74) is -1.17. The van der Waals surface area contributed by atoms with E-state index < -0.39 is 28.6 Å². The number of rotatable bonds is 5. The number of anilines is 1. The number of aliphatic hydroxyl groups is 1. The second kappa shape index (κ2) is 7.05. The van der Waals surface area contributed by atoms with Crippen LogP contribution in [-0.4, -0.2) is 58.0 Å². The molecule has 0 amide bonds. The van der Waals surface area contributed by atoms with E-state index in [1.54, 1.807) is 11.9 Å². The van der Waals surface area contributed by atoms with Gasteiger partial charge in [0.25, 0.3) is 0 Å². The molecular weight excluding hydrogens is 386 g/mol. The first-order chi connectivity index (χ1) is 13.8. The summed E-state index contributed by atoms with van der Waals surface area (Å²) in [6.07, 6.45) is 0. The van der Waals surface area contributed by atoms with Crippen molar-refractivity contribution in [2.75, 3.05) is 31.1 Å². The van der Waals surface area contributed by atoms with Gasteiger partial charge in [-0.05, 0) is 12.1 Å². The fourth-order valence-electron chi connectivity index (χ4n) is 3.74. The molecule has 10 heteroatoms. The molecule has 29 heavy (non-hydrogen) atoms. The minimum Gasteiger partial charge on any atom is -0.477 e. The van der Waals surface area contributed by atoms with Crippen molar-refractivity contribution in [2.45, 2.75) is 6.04 Å². The molecule has 1 aromatic carbocycles. The van der Waals surface area contributed by atoms with Crippen molar-refractivity contribution in [1.82, 2.24) is 14.9 Å². The number of pyridine rings is 2. The van der Waals surface area contributed by atoms with Crippen molar-refractivity contribution in [3.63, 3.8) is 0 Å². The van der Waals surface area contributed by atoms with E-state index >= 15 is 0 Å². The normalized spacial score (nSPS) is 14.6. The Morgan fingerprint density at radius 3 is 2.69 bits per heavy atom. The summed E-state index contributed by atoms with van der Waals surface area (Å²) in [4.78, 5) is 30.8. The molecule has 0 spiro atoms. The van der Waals surface area contributed by atoms with Gasteiger partial charge in [0.2, 0.25) is 5.43 Å². The molecular formula is C19H18F2N4O4. The molecule has 0 radical (unpaired) electrons. The number of nitrogens with zero attached hydrogens (tertiary/aromatic N) is 3. The second-order valence-electron chi connectivity index (χ2n) is 6.99.